The van der Waals surface area contributed by atoms with E-state index in [4.69, 9.17) is 0 Å². The first-order valence-corrected chi connectivity index (χ1v) is 16.2. The van der Waals surface area contributed by atoms with E-state index >= 15 is 0 Å². The molecule has 45 heavy (non-hydrogen) atoms. The second kappa shape index (κ2) is 9.43. The van der Waals surface area contributed by atoms with E-state index in [2.05, 4.69) is 167 Å². The van der Waals surface area contributed by atoms with E-state index in [1.807, 2.05) is 11.3 Å². The molecule has 0 spiro atoms. The fraction of sp³-hybridized carbons (Fsp3) is 0. The zero-order valence-electron chi connectivity index (χ0n) is 24.3. The number of fused-ring (bicyclic) bond motifs is 9. The number of hydrogen-bond acceptors (Lipinski definition) is 1. The number of rotatable bonds is 3. The van der Waals surface area contributed by atoms with E-state index in [-0.39, 0.29) is 0 Å². The molecule has 0 aliphatic carbocycles. The maximum Gasteiger partial charge on any atom is 0.0555 e. The lowest BCUT2D eigenvalue weighted by Gasteiger charge is -2.12. The Morgan fingerprint density at radius 2 is 0.978 bits per heavy atom. The summed E-state index contributed by atoms with van der Waals surface area (Å²) in [5.41, 5.74) is 9.77. The lowest BCUT2D eigenvalue weighted by Crippen LogP contribution is -1.96. The molecular formula is C42H26N2S. The Labute approximate surface area is 263 Å². The maximum absolute atomic E-state index is 2.48. The lowest BCUT2D eigenvalue weighted by molar-refractivity contribution is 1.17. The van der Waals surface area contributed by atoms with Crippen molar-refractivity contribution in [3.63, 3.8) is 0 Å². The standard InChI is InChI=1S/C42H26N2S/c1-2-11-27(12-3-1)28-21-24-40-34(25-28)42-39(19-10-20-41(42)45-40)44-37-18-9-6-15-32(37)33-26-29(22-23-38(33)44)43-35-16-7-4-13-30(35)31-14-5-8-17-36(31)43/h1-26H. The van der Waals surface area contributed by atoms with Gasteiger partial charge in [-0.2, -0.15) is 0 Å². The van der Waals surface area contributed by atoms with Crippen LogP contribution in [0.3, 0.4) is 0 Å². The number of hydrogen-bond donors (Lipinski definition) is 0. The summed E-state index contributed by atoms with van der Waals surface area (Å²) >= 11 is 1.87. The molecule has 0 saturated carbocycles. The summed E-state index contributed by atoms with van der Waals surface area (Å²) in [7, 11) is 0. The lowest BCUT2D eigenvalue weighted by atomic mass is 10.0. The van der Waals surface area contributed by atoms with Crippen LogP contribution in [0, 0.1) is 0 Å². The average molecular weight is 591 g/mol. The van der Waals surface area contributed by atoms with E-state index in [0.717, 1.165) is 0 Å². The zero-order chi connectivity index (χ0) is 29.5. The van der Waals surface area contributed by atoms with Crippen LogP contribution >= 0.6 is 11.3 Å². The van der Waals surface area contributed by atoms with Gasteiger partial charge in [0.15, 0.2) is 0 Å². The molecular weight excluding hydrogens is 565 g/mol. The summed E-state index contributed by atoms with van der Waals surface area (Å²) in [5.74, 6) is 0. The second-order valence-electron chi connectivity index (χ2n) is 11.8. The minimum absolute atomic E-state index is 1.18. The van der Waals surface area contributed by atoms with Crippen LogP contribution in [-0.4, -0.2) is 9.13 Å². The quantitative estimate of drug-likeness (QED) is 0.194. The van der Waals surface area contributed by atoms with Crippen LogP contribution in [0.4, 0.5) is 0 Å². The Kier molecular flexibility index (Phi) is 5.19. The van der Waals surface area contributed by atoms with Crippen molar-refractivity contribution in [2.24, 2.45) is 0 Å². The molecule has 210 valence electrons. The highest BCUT2D eigenvalue weighted by molar-refractivity contribution is 7.25. The number of benzene rings is 7. The molecule has 0 bridgehead atoms. The summed E-state index contributed by atoms with van der Waals surface area (Å²) in [5, 5.41) is 7.69. The van der Waals surface area contributed by atoms with E-state index < -0.39 is 0 Å². The third-order valence-electron chi connectivity index (χ3n) is 9.32. The molecule has 2 nitrogen and oxygen atoms in total. The third-order valence-corrected chi connectivity index (χ3v) is 10.5. The van der Waals surface area contributed by atoms with Crippen molar-refractivity contribution in [3.05, 3.63) is 158 Å². The largest absolute Gasteiger partial charge is 0.309 e. The van der Waals surface area contributed by atoms with Crippen LogP contribution in [0.1, 0.15) is 0 Å². The molecule has 3 heteroatoms. The molecule has 0 N–H and O–H groups in total. The van der Waals surface area contributed by atoms with Gasteiger partial charge >= 0.3 is 0 Å². The molecule has 0 atom stereocenters. The molecule has 0 saturated heterocycles. The van der Waals surface area contributed by atoms with E-state index in [9.17, 15) is 0 Å². The summed E-state index contributed by atoms with van der Waals surface area (Å²) in [4.78, 5) is 0. The van der Waals surface area contributed by atoms with Crippen molar-refractivity contribution in [1.82, 2.24) is 9.13 Å². The monoisotopic (exact) mass is 590 g/mol. The van der Waals surface area contributed by atoms with Gasteiger partial charge < -0.3 is 9.13 Å². The first-order chi connectivity index (χ1) is 22.3. The Balaban J connectivity index is 1.26. The van der Waals surface area contributed by atoms with Gasteiger partial charge in [-0.15, -0.1) is 11.3 Å². The molecule has 0 aliphatic rings. The predicted molar refractivity (Wildman–Crippen MR) is 193 cm³/mol. The van der Waals surface area contributed by atoms with Crippen LogP contribution < -0.4 is 0 Å². The topological polar surface area (TPSA) is 9.86 Å². The van der Waals surface area contributed by atoms with Gasteiger partial charge in [0, 0.05) is 47.4 Å². The molecule has 0 aliphatic heterocycles. The van der Waals surface area contributed by atoms with Gasteiger partial charge in [-0.1, -0.05) is 97.1 Å². The molecule has 10 aromatic rings. The van der Waals surface area contributed by atoms with Crippen LogP contribution in [0.2, 0.25) is 0 Å². The summed E-state index contributed by atoms with van der Waals surface area (Å²) in [6.45, 7) is 0. The molecule has 0 fully saturated rings. The Morgan fingerprint density at radius 3 is 1.71 bits per heavy atom. The van der Waals surface area contributed by atoms with Gasteiger partial charge in [0.05, 0.1) is 27.8 Å². The van der Waals surface area contributed by atoms with Gasteiger partial charge in [-0.05, 0) is 71.8 Å². The van der Waals surface area contributed by atoms with Crippen molar-refractivity contribution in [1.29, 1.82) is 0 Å². The fourth-order valence-electron chi connectivity index (χ4n) is 7.36. The maximum atomic E-state index is 2.48. The SMILES string of the molecule is c1ccc(-c2ccc3sc4cccc(-n5c6ccccc6c6cc(-n7c8ccccc8c8ccccc87)ccc65)c4c3c2)cc1. The van der Waals surface area contributed by atoms with Crippen LogP contribution in [-0.2, 0) is 0 Å². The van der Waals surface area contributed by atoms with Crippen molar-refractivity contribution in [2.45, 2.75) is 0 Å². The number of thiophene rings is 1. The number of aromatic nitrogens is 2. The number of para-hydroxylation sites is 3. The normalized spacial score (nSPS) is 12.0. The van der Waals surface area contributed by atoms with Gasteiger partial charge in [-0.25, -0.2) is 0 Å². The molecule has 3 aromatic heterocycles. The molecule has 0 radical (unpaired) electrons. The minimum Gasteiger partial charge on any atom is -0.309 e. The highest BCUT2D eigenvalue weighted by Crippen LogP contribution is 2.43. The van der Waals surface area contributed by atoms with Gasteiger partial charge in [-0.3, -0.25) is 0 Å². The van der Waals surface area contributed by atoms with Crippen molar-refractivity contribution in [2.75, 3.05) is 0 Å². The summed E-state index contributed by atoms with van der Waals surface area (Å²) in [6, 6.07) is 57.7. The van der Waals surface area contributed by atoms with E-state index in [1.54, 1.807) is 0 Å². The Morgan fingerprint density at radius 1 is 0.356 bits per heavy atom. The van der Waals surface area contributed by atoms with E-state index in [1.165, 1.54) is 86.3 Å². The van der Waals surface area contributed by atoms with Crippen LogP contribution in [0.15, 0.2) is 158 Å². The predicted octanol–water partition coefficient (Wildman–Crippen LogP) is 11.9. The Hall–Kier alpha value is -5.64. The molecule has 10 rings (SSSR count). The van der Waals surface area contributed by atoms with Crippen molar-refractivity contribution < 1.29 is 0 Å². The highest BCUT2D eigenvalue weighted by atomic mass is 32.1. The van der Waals surface area contributed by atoms with Gasteiger partial charge in [0.2, 0.25) is 0 Å². The van der Waals surface area contributed by atoms with Crippen LogP contribution in [0.25, 0.3) is 86.3 Å². The van der Waals surface area contributed by atoms with E-state index in [0.29, 0.717) is 0 Å². The van der Waals surface area contributed by atoms with Crippen LogP contribution in [0.5, 0.6) is 0 Å². The highest BCUT2D eigenvalue weighted by Gasteiger charge is 2.19. The fourth-order valence-corrected chi connectivity index (χ4v) is 8.47. The summed E-state index contributed by atoms with van der Waals surface area (Å²) in [6.07, 6.45) is 0. The molecule has 3 heterocycles. The molecule has 0 unspecified atom stereocenters. The number of nitrogens with zero attached hydrogens (tertiary/aromatic N) is 2. The second-order valence-corrected chi connectivity index (χ2v) is 12.8. The molecule has 0 amide bonds. The average Bonchev–Trinajstić information content (AvgIpc) is 3.76. The molecule has 7 aromatic carbocycles. The Bertz CT molecular complexity index is 2710. The van der Waals surface area contributed by atoms with Crippen molar-refractivity contribution >= 4 is 75.1 Å². The van der Waals surface area contributed by atoms with Gasteiger partial charge in [0.1, 0.15) is 0 Å². The van der Waals surface area contributed by atoms with Crippen molar-refractivity contribution in [3.8, 4) is 22.5 Å². The first-order valence-electron chi connectivity index (χ1n) is 15.4. The third kappa shape index (κ3) is 3.56. The van der Waals surface area contributed by atoms with Gasteiger partial charge in [0.25, 0.3) is 0 Å². The summed E-state index contributed by atoms with van der Waals surface area (Å²) < 4.78 is 7.51. The zero-order valence-corrected chi connectivity index (χ0v) is 25.1. The smallest absolute Gasteiger partial charge is 0.0555 e. The first kappa shape index (κ1) is 24.8. The minimum atomic E-state index is 1.18.